The largest absolute Gasteiger partial charge is 0.476 e. The van der Waals surface area contributed by atoms with Crippen LogP contribution in [-0.4, -0.2) is 42.6 Å². The van der Waals surface area contributed by atoms with Crippen LogP contribution in [0.5, 0.6) is 0 Å². The van der Waals surface area contributed by atoms with Gasteiger partial charge in [0.25, 0.3) is 5.91 Å². The molecular formula is C7H6N6O3S. The van der Waals surface area contributed by atoms with Gasteiger partial charge < -0.3 is 10.4 Å². The SMILES string of the molecule is O=C(O)c1csc(C(=O)NCc2nn[nH]n2)n1. The lowest BCUT2D eigenvalue weighted by atomic mass is 10.5. The van der Waals surface area contributed by atoms with Gasteiger partial charge in [0.15, 0.2) is 16.5 Å². The Morgan fingerprint density at radius 1 is 1.53 bits per heavy atom. The van der Waals surface area contributed by atoms with Crippen LogP contribution in [0.3, 0.4) is 0 Å². The first kappa shape index (κ1) is 11.1. The van der Waals surface area contributed by atoms with Gasteiger partial charge in [-0.2, -0.15) is 5.21 Å². The highest BCUT2D eigenvalue weighted by Crippen LogP contribution is 2.09. The minimum Gasteiger partial charge on any atom is -0.476 e. The standard InChI is InChI=1S/C7H6N6O3S/c14-5(8-1-4-10-12-13-11-4)6-9-3(2-17-6)7(15)16/h2H,1H2,(H,8,14)(H,15,16)(H,10,11,12,13). The summed E-state index contributed by atoms with van der Waals surface area (Å²) in [5.74, 6) is -1.32. The van der Waals surface area contributed by atoms with Crippen molar-refractivity contribution in [2.45, 2.75) is 6.54 Å². The smallest absolute Gasteiger partial charge is 0.355 e. The molecule has 0 aliphatic heterocycles. The number of aromatic amines is 1. The van der Waals surface area contributed by atoms with Gasteiger partial charge in [-0.25, -0.2) is 9.78 Å². The molecule has 10 heteroatoms. The fraction of sp³-hybridized carbons (Fsp3) is 0.143. The van der Waals surface area contributed by atoms with E-state index in [2.05, 4.69) is 30.9 Å². The predicted octanol–water partition coefficient (Wildman–Crippen LogP) is -0.716. The lowest BCUT2D eigenvalue weighted by Gasteiger charge is -1.97. The molecule has 9 nitrogen and oxygen atoms in total. The van der Waals surface area contributed by atoms with Crippen molar-refractivity contribution in [2.75, 3.05) is 0 Å². The number of hydrogen-bond acceptors (Lipinski definition) is 7. The molecule has 0 saturated carbocycles. The van der Waals surface area contributed by atoms with E-state index in [0.29, 0.717) is 5.82 Å². The zero-order valence-corrected chi connectivity index (χ0v) is 9.06. The second kappa shape index (κ2) is 4.65. The Labute approximate surface area is 97.9 Å². The number of rotatable bonds is 4. The number of carbonyl (C=O) groups excluding carboxylic acids is 1. The number of aromatic nitrogens is 5. The predicted molar refractivity (Wildman–Crippen MR) is 54.4 cm³/mol. The number of thiazole rings is 1. The van der Waals surface area contributed by atoms with Crippen molar-refractivity contribution in [3.8, 4) is 0 Å². The lowest BCUT2D eigenvalue weighted by molar-refractivity contribution is 0.0691. The third kappa shape index (κ3) is 2.60. The zero-order valence-electron chi connectivity index (χ0n) is 8.25. The first-order valence-electron chi connectivity index (χ1n) is 4.36. The number of carbonyl (C=O) groups is 2. The highest BCUT2D eigenvalue weighted by atomic mass is 32.1. The second-order valence-electron chi connectivity index (χ2n) is 2.85. The lowest BCUT2D eigenvalue weighted by Crippen LogP contribution is -2.23. The molecule has 88 valence electrons. The summed E-state index contributed by atoms with van der Waals surface area (Å²) in [6.07, 6.45) is 0. The number of hydrogen-bond donors (Lipinski definition) is 3. The van der Waals surface area contributed by atoms with Crippen molar-refractivity contribution >= 4 is 23.2 Å². The molecule has 0 unspecified atom stereocenters. The summed E-state index contributed by atoms with van der Waals surface area (Å²) >= 11 is 0.955. The molecule has 1 amide bonds. The first-order valence-corrected chi connectivity index (χ1v) is 5.24. The molecule has 2 rings (SSSR count). The topological polar surface area (TPSA) is 134 Å². The summed E-state index contributed by atoms with van der Waals surface area (Å²) in [7, 11) is 0. The van der Waals surface area contributed by atoms with E-state index in [-0.39, 0.29) is 17.2 Å². The average molecular weight is 254 g/mol. The van der Waals surface area contributed by atoms with Crippen LogP contribution in [0, 0.1) is 0 Å². The number of carboxylic acid groups (broad SMARTS) is 1. The Kier molecular flexibility index (Phi) is 3.05. The van der Waals surface area contributed by atoms with Crippen molar-refractivity contribution < 1.29 is 14.7 Å². The summed E-state index contributed by atoms with van der Waals surface area (Å²) in [6, 6.07) is 0. The van der Waals surface area contributed by atoms with E-state index in [1.54, 1.807) is 0 Å². The Balaban J connectivity index is 1.97. The Morgan fingerprint density at radius 2 is 2.35 bits per heavy atom. The number of nitrogens with zero attached hydrogens (tertiary/aromatic N) is 4. The quantitative estimate of drug-likeness (QED) is 0.655. The minimum absolute atomic E-state index is 0.0749. The first-order chi connectivity index (χ1) is 8.16. The van der Waals surface area contributed by atoms with Crippen LogP contribution in [-0.2, 0) is 6.54 Å². The third-order valence-electron chi connectivity index (χ3n) is 1.71. The molecule has 17 heavy (non-hydrogen) atoms. The second-order valence-corrected chi connectivity index (χ2v) is 3.71. The van der Waals surface area contributed by atoms with Crippen LogP contribution in [0.25, 0.3) is 0 Å². The number of nitrogens with one attached hydrogen (secondary N) is 2. The zero-order chi connectivity index (χ0) is 12.3. The molecule has 3 N–H and O–H groups in total. The van der Waals surface area contributed by atoms with E-state index in [4.69, 9.17) is 5.11 Å². The molecule has 0 saturated heterocycles. The molecule has 0 spiro atoms. The van der Waals surface area contributed by atoms with E-state index < -0.39 is 11.9 Å². The van der Waals surface area contributed by atoms with E-state index in [0.717, 1.165) is 11.3 Å². The summed E-state index contributed by atoms with van der Waals surface area (Å²) in [6.45, 7) is 0.0946. The van der Waals surface area contributed by atoms with E-state index in [1.165, 1.54) is 5.38 Å². The number of H-pyrrole nitrogens is 1. The summed E-state index contributed by atoms with van der Waals surface area (Å²) in [4.78, 5) is 25.7. The van der Waals surface area contributed by atoms with E-state index in [1.807, 2.05) is 0 Å². The maximum absolute atomic E-state index is 11.5. The molecule has 0 bridgehead atoms. The number of tetrazole rings is 1. The van der Waals surface area contributed by atoms with Crippen LogP contribution in [0.2, 0.25) is 0 Å². The molecule has 2 aromatic rings. The average Bonchev–Trinajstić information content (AvgIpc) is 2.96. The van der Waals surface area contributed by atoms with Gasteiger partial charge in [-0.3, -0.25) is 4.79 Å². The van der Waals surface area contributed by atoms with Gasteiger partial charge in [0.05, 0.1) is 6.54 Å². The molecule has 0 aliphatic carbocycles. The normalized spacial score (nSPS) is 10.1. The van der Waals surface area contributed by atoms with Gasteiger partial charge in [0.2, 0.25) is 0 Å². The molecule has 0 atom stereocenters. The van der Waals surface area contributed by atoms with E-state index >= 15 is 0 Å². The van der Waals surface area contributed by atoms with Gasteiger partial charge in [-0.15, -0.1) is 21.5 Å². The molecule has 2 heterocycles. The molecule has 0 fully saturated rings. The van der Waals surface area contributed by atoms with Gasteiger partial charge in [-0.1, -0.05) is 5.21 Å². The summed E-state index contributed by atoms with van der Waals surface area (Å²) in [5, 5.41) is 25.3. The Morgan fingerprint density at radius 3 is 2.94 bits per heavy atom. The van der Waals surface area contributed by atoms with Crippen molar-refractivity contribution in [2.24, 2.45) is 0 Å². The third-order valence-corrected chi connectivity index (χ3v) is 2.55. The van der Waals surface area contributed by atoms with Gasteiger partial charge >= 0.3 is 5.97 Å². The van der Waals surface area contributed by atoms with Crippen molar-refractivity contribution in [3.05, 3.63) is 21.9 Å². The highest BCUT2D eigenvalue weighted by Gasteiger charge is 2.14. The van der Waals surface area contributed by atoms with Crippen molar-refractivity contribution in [1.82, 2.24) is 30.9 Å². The Bertz CT molecular complexity index is 536. The minimum atomic E-state index is -1.17. The molecule has 0 radical (unpaired) electrons. The van der Waals surface area contributed by atoms with Crippen molar-refractivity contribution in [3.63, 3.8) is 0 Å². The van der Waals surface area contributed by atoms with Crippen LogP contribution in [0.1, 0.15) is 26.1 Å². The highest BCUT2D eigenvalue weighted by molar-refractivity contribution is 7.11. The van der Waals surface area contributed by atoms with Gasteiger partial charge in [0.1, 0.15) is 0 Å². The fourth-order valence-corrected chi connectivity index (χ4v) is 1.68. The maximum atomic E-state index is 11.5. The van der Waals surface area contributed by atoms with Crippen LogP contribution >= 0.6 is 11.3 Å². The maximum Gasteiger partial charge on any atom is 0.355 e. The van der Waals surface area contributed by atoms with Gasteiger partial charge in [-0.05, 0) is 0 Å². The molecular weight excluding hydrogens is 248 g/mol. The van der Waals surface area contributed by atoms with E-state index in [9.17, 15) is 9.59 Å². The monoisotopic (exact) mass is 254 g/mol. The summed E-state index contributed by atoms with van der Waals surface area (Å²) < 4.78 is 0. The molecule has 0 aromatic carbocycles. The van der Waals surface area contributed by atoms with Gasteiger partial charge in [0, 0.05) is 5.38 Å². The number of amides is 1. The molecule has 0 aliphatic rings. The number of aromatic carboxylic acids is 1. The summed E-state index contributed by atoms with van der Waals surface area (Å²) in [5.41, 5.74) is -0.153. The number of carboxylic acids is 1. The van der Waals surface area contributed by atoms with Crippen LogP contribution in [0.15, 0.2) is 5.38 Å². The Hall–Kier alpha value is -2.36. The van der Waals surface area contributed by atoms with Crippen LogP contribution in [0.4, 0.5) is 0 Å². The van der Waals surface area contributed by atoms with Crippen molar-refractivity contribution in [1.29, 1.82) is 0 Å². The molecule has 2 aromatic heterocycles. The fourth-order valence-electron chi connectivity index (χ4n) is 0.969. The van der Waals surface area contributed by atoms with Crippen LogP contribution < -0.4 is 5.32 Å².